The number of esters is 1. The molecule has 0 aromatic rings. The lowest BCUT2D eigenvalue weighted by atomic mass is 9.94. The van der Waals surface area contributed by atoms with E-state index >= 15 is 0 Å². The number of ether oxygens (including phenoxy) is 1. The Kier molecular flexibility index (Phi) is 9.92. The Bertz CT molecular complexity index is 343. The van der Waals surface area contributed by atoms with Crippen LogP contribution in [-0.4, -0.2) is 62.8 Å². The lowest BCUT2D eigenvalue weighted by Gasteiger charge is -2.32. The minimum absolute atomic E-state index is 0.0148. The van der Waals surface area contributed by atoms with Crippen molar-refractivity contribution >= 4 is 29.5 Å². The van der Waals surface area contributed by atoms with Gasteiger partial charge in [-0.2, -0.15) is 0 Å². The fourth-order valence-electron chi connectivity index (χ4n) is 2.85. The predicted octanol–water partition coefficient (Wildman–Crippen LogP) is 2.03. The third kappa shape index (κ3) is 7.22. The highest BCUT2D eigenvalue weighted by Gasteiger charge is 2.38. The van der Waals surface area contributed by atoms with Gasteiger partial charge in [-0.3, -0.25) is 4.79 Å². The van der Waals surface area contributed by atoms with Crippen LogP contribution in [0.1, 0.15) is 45.4 Å². The van der Waals surface area contributed by atoms with Crippen LogP contribution in [-0.2, 0) is 9.53 Å². The highest BCUT2D eigenvalue weighted by molar-refractivity contribution is 8.21. The van der Waals surface area contributed by atoms with Gasteiger partial charge < -0.3 is 20.1 Å². The molecule has 0 spiro atoms. The number of hydrogen-bond acceptors (Lipinski definition) is 7. The Morgan fingerprint density at radius 1 is 1.30 bits per heavy atom. The predicted molar refractivity (Wildman–Crippen MR) is 95.6 cm³/mol. The largest absolute Gasteiger partial charge is 0.469 e. The second kappa shape index (κ2) is 10.8. The third-order valence-corrected chi connectivity index (χ3v) is 7.94. The molecule has 0 radical (unpaired) electrons. The maximum atomic E-state index is 11.1. The maximum absolute atomic E-state index is 11.1. The van der Waals surface area contributed by atoms with E-state index in [4.69, 9.17) is 0 Å². The summed E-state index contributed by atoms with van der Waals surface area (Å²) in [5.74, 6) is 1.68. The summed E-state index contributed by atoms with van der Waals surface area (Å²) in [5, 5.41) is 29.6. The zero-order valence-corrected chi connectivity index (χ0v) is 15.7. The number of methoxy groups -OCH3 is 1. The molecule has 1 aliphatic heterocycles. The fourth-order valence-corrected chi connectivity index (χ4v) is 6.25. The van der Waals surface area contributed by atoms with E-state index in [0.717, 1.165) is 30.8 Å². The van der Waals surface area contributed by atoms with Crippen LogP contribution in [0.2, 0.25) is 0 Å². The molecular weight excluding hydrogens is 336 g/mol. The smallest absolute Gasteiger partial charge is 0.308 e. The number of aliphatic hydroxyl groups excluding tert-OH is 3. The molecule has 0 aliphatic carbocycles. The van der Waals surface area contributed by atoms with Crippen molar-refractivity contribution in [2.24, 2.45) is 5.92 Å². The SMILES string of the molecule is CC[C@H](CO)[C@@H](O)CC1(CCC[C@H](O)CC(=O)OC)SCCS1. The summed E-state index contributed by atoms with van der Waals surface area (Å²) in [6.45, 7) is 2.00. The molecule has 0 unspecified atom stereocenters. The van der Waals surface area contributed by atoms with Crippen molar-refractivity contribution in [3.05, 3.63) is 0 Å². The number of aliphatic hydroxyl groups is 3. The molecule has 7 heteroatoms. The van der Waals surface area contributed by atoms with Crippen LogP contribution >= 0.6 is 23.5 Å². The number of carbonyl (C=O) groups excluding carboxylic acids is 1. The van der Waals surface area contributed by atoms with E-state index in [2.05, 4.69) is 4.74 Å². The van der Waals surface area contributed by atoms with E-state index in [1.807, 2.05) is 30.4 Å². The molecule has 1 aliphatic rings. The molecule has 1 fully saturated rings. The summed E-state index contributed by atoms with van der Waals surface area (Å²) in [6, 6.07) is 0. The van der Waals surface area contributed by atoms with Crippen molar-refractivity contribution in [2.75, 3.05) is 25.2 Å². The molecule has 3 atom stereocenters. The fraction of sp³-hybridized carbons (Fsp3) is 0.938. The molecule has 3 N–H and O–H groups in total. The molecule has 0 bridgehead atoms. The molecule has 5 nitrogen and oxygen atoms in total. The molecule has 0 aromatic carbocycles. The van der Waals surface area contributed by atoms with E-state index in [1.54, 1.807) is 0 Å². The van der Waals surface area contributed by atoms with Crippen LogP contribution in [0.3, 0.4) is 0 Å². The summed E-state index contributed by atoms with van der Waals surface area (Å²) in [4.78, 5) is 11.1. The Morgan fingerprint density at radius 3 is 2.48 bits per heavy atom. The van der Waals surface area contributed by atoms with E-state index in [-0.39, 0.29) is 29.0 Å². The molecule has 1 rings (SSSR count). The van der Waals surface area contributed by atoms with Gasteiger partial charge in [0, 0.05) is 24.0 Å². The van der Waals surface area contributed by atoms with E-state index in [9.17, 15) is 20.1 Å². The highest BCUT2D eigenvalue weighted by atomic mass is 32.2. The van der Waals surface area contributed by atoms with Gasteiger partial charge in [0.1, 0.15) is 0 Å². The molecule has 0 amide bonds. The van der Waals surface area contributed by atoms with Gasteiger partial charge in [0.25, 0.3) is 0 Å². The quantitative estimate of drug-likeness (QED) is 0.482. The van der Waals surface area contributed by atoms with Gasteiger partial charge in [0.05, 0.1) is 29.8 Å². The monoisotopic (exact) mass is 366 g/mol. The van der Waals surface area contributed by atoms with Gasteiger partial charge in [0.2, 0.25) is 0 Å². The number of hydrogen-bond donors (Lipinski definition) is 3. The molecule has 1 heterocycles. The second-order valence-corrected chi connectivity index (χ2v) is 9.27. The Balaban J connectivity index is 2.46. The summed E-state index contributed by atoms with van der Waals surface area (Å²) in [5.41, 5.74) is 0. The summed E-state index contributed by atoms with van der Waals surface area (Å²) in [7, 11) is 1.32. The molecule has 0 aromatic heterocycles. The topological polar surface area (TPSA) is 87.0 Å². The average Bonchev–Trinajstić information content (AvgIpc) is 2.96. The number of rotatable bonds is 11. The van der Waals surface area contributed by atoms with Crippen molar-refractivity contribution in [2.45, 2.75) is 61.7 Å². The van der Waals surface area contributed by atoms with Crippen LogP contribution in [0.15, 0.2) is 0 Å². The van der Waals surface area contributed by atoms with Crippen molar-refractivity contribution in [3.8, 4) is 0 Å². The summed E-state index contributed by atoms with van der Waals surface area (Å²) in [6.07, 6.45) is 2.56. The summed E-state index contributed by atoms with van der Waals surface area (Å²) >= 11 is 3.75. The lowest BCUT2D eigenvalue weighted by Crippen LogP contribution is -2.32. The van der Waals surface area contributed by atoms with Gasteiger partial charge >= 0.3 is 5.97 Å². The summed E-state index contributed by atoms with van der Waals surface area (Å²) < 4.78 is 4.53. The molecule has 23 heavy (non-hydrogen) atoms. The van der Waals surface area contributed by atoms with Crippen LogP contribution in [0.5, 0.6) is 0 Å². The first-order valence-corrected chi connectivity index (χ1v) is 10.2. The van der Waals surface area contributed by atoms with Crippen LogP contribution in [0, 0.1) is 5.92 Å². The molecule has 1 saturated heterocycles. The average molecular weight is 367 g/mol. The van der Waals surface area contributed by atoms with Crippen molar-refractivity contribution in [1.82, 2.24) is 0 Å². The third-order valence-electron chi connectivity index (χ3n) is 4.36. The zero-order chi connectivity index (χ0) is 17.3. The van der Waals surface area contributed by atoms with Crippen LogP contribution in [0.25, 0.3) is 0 Å². The standard InChI is InChI=1S/C16H30O5S2/c1-3-12(11-17)14(19)10-16(22-7-8-23-16)6-4-5-13(18)9-15(20)21-2/h12-14,17-19H,3-11H2,1-2H3/t12-,13+,14+/m1/s1. The van der Waals surface area contributed by atoms with Crippen molar-refractivity contribution in [3.63, 3.8) is 0 Å². The normalized spacial score (nSPS) is 20.9. The van der Waals surface area contributed by atoms with Gasteiger partial charge in [-0.05, 0) is 32.1 Å². The Hall–Kier alpha value is 0.0500. The highest BCUT2D eigenvalue weighted by Crippen LogP contribution is 2.51. The van der Waals surface area contributed by atoms with Gasteiger partial charge in [-0.15, -0.1) is 23.5 Å². The Labute approximate surface area is 147 Å². The minimum Gasteiger partial charge on any atom is -0.469 e. The number of thioether (sulfide) groups is 2. The van der Waals surface area contributed by atoms with E-state index in [1.165, 1.54) is 7.11 Å². The zero-order valence-electron chi connectivity index (χ0n) is 14.1. The first kappa shape index (κ1) is 21.1. The van der Waals surface area contributed by atoms with E-state index < -0.39 is 12.2 Å². The minimum atomic E-state index is -0.665. The molecular formula is C16H30O5S2. The van der Waals surface area contributed by atoms with Crippen LogP contribution in [0.4, 0.5) is 0 Å². The van der Waals surface area contributed by atoms with Gasteiger partial charge in [-0.25, -0.2) is 0 Å². The van der Waals surface area contributed by atoms with E-state index in [0.29, 0.717) is 12.8 Å². The molecule has 136 valence electrons. The van der Waals surface area contributed by atoms with Crippen molar-refractivity contribution in [1.29, 1.82) is 0 Å². The number of carbonyl (C=O) groups is 1. The second-order valence-electron chi connectivity index (χ2n) is 6.06. The van der Waals surface area contributed by atoms with Crippen LogP contribution < -0.4 is 0 Å². The Morgan fingerprint density at radius 2 is 1.96 bits per heavy atom. The lowest BCUT2D eigenvalue weighted by molar-refractivity contribution is -0.142. The first-order valence-electron chi connectivity index (χ1n) is 8.28. The van der Waals surface area contributed by atoms with Gasteiger partial charge in [0.15, 0.2) is 0 Å². The maximum Gasteiger partial charge on any atom is 0.308 e. The first-order chi connectivity index (χ1) is 11.0. The van der Waals surface area contributed by atoms with Gasteiger partial charge in [-0.1, -0.05) is 6.92 Å². The molecule has 0 saturated carbocycles. The van der Waals surface area contributed by atoms with Crippen molar-refractivity contribution < 1.29 is 24.9 Å².